The minimum absolute atomic E-state index is 0.0000712. The molecule has 0 aromatic heterocycles. The van der Waals surface area contributed by atoms with E-state index in [1.54, 1.807) is 24.3 Å². The lowest BCUT2D eigenvalue weighted by Crippen LogP contribution is -2.46. The molecular weight excluding hydrogens is 544 g/mol. The van der Waals surface area contributed by atoms with E-state index in [9.17, 15) is 22.8 Å². The van der Waals surface area contributed by atoms with Gasteiger partial charge in [0.1, 0.15) is 0 Å². The van der Waals surface area contributed by atoms with E-state index in [4.69, 9.17) is 9.47 Å². The zero-order chi connectivity index (χ0) is 25.8. The first-order chi connectivity index (χ1) is 16.7. The van der Waals surface area contributed by atoms with Gasteiger partial charge in [-0.25, -0.2) is 8.42 Å². The van der Waals surface area contributed by atoms with Gasteiger partial charge in [-0.3, -0.25) is 25.2 Å². The van der Waals surface area contributed by atoms with E-state index in [-0.39, 0.29) is 43.3 Å². The second kappa shape index (κ2) is 13.9. The second-order valence-corrected chi connectivity index (χ2v) is 9.87. The van der Waals surface area contributed by atoms with Crippen molar-refractivity contribution < 1.29 is 32.3 Å². The van der Waals surface area contributed by atoms with Crippen molar-refractivity contribution in [2.75, 3.05) is 47.1 Å². The minimum Gasteiger partial charge on any atom is -0.383 e. The molecule has 13 heteroatoms. The largest absolute Gasteiger partial charge is 0.383 e. The van der Waals surface area contributed by atoms with Crippen molar-refractivity contribution >= 4 is 43.7 Å². The van der Waals surface area contributed by atoms with Crippen LogP contribution in [0.15, 0.2) is 57.9 Å². The smallest absolute Gasteiger partial charge is 0.269 e. The summed E-state index contributed by atoms with van der Waals surface area (Å²) < 4.78 is 37.6. The van der Waals surface area contributed by atoms with Crippen LogP contribution >= 0.6 is 15.9 Å². The topological polar surface area (TPSA) is 143 Å². The Hall–Kier alpha value is -2.84. The fourth-order valence-corrected chi connectivity index (χ4v) is 4.68. The Kier molecular flexibility index (Phi) is 11.3. The molecule has 11 nitrogen and oxygen atoms in total. The summed E-state index contributed by atoms with van der Waals surface area (Å²) in [5.74, 6) is -1.76. The lowest BCUT2D eigenvalue weighted by molar-refractivity contribution is -0.120. The maximum Gasteiger partial charge on any atom is 0.269 e. The van der Waals surface area contributed by atoms with E-state index in [2.05, 4.69) is 32.1 Å². The highest BCUT2D eigenvalue weighted by Gasteiger charge is 2.24. The lowest BCUT2D eigenvalue weighted by Gasteiger charge is -2.21. The van der Waals surface area contributed by atoms with E-state index in [1.165, 1.54) is 42.8 Å². The zero-order valence-corrected chi connectivity index (χ0v) is 21.6. The maximum atomic E-state index is 12.9. The third-order valence-corrected chi connectivity index (χ3v) is 7.29. The van der Waals surface area contributed by atoms with Crippen molar-refractivity contribution in [3.63, 3.8) is 0 Å². The van der Waals surface area contributed by atoms with Crippen molar-refractivity contribution in [3.05, 3.63) is 64.1 Å². The summed E-state index contributed by atoms with van der Waals surface area (Å²) in [4.78, 5) is 36.4. The molecule has 35 heavy (non-hydrogen) atoms. The molecule has 0 atom stereocenters. The zero-order valence-electron chi connectivity index (χ0n) is 19.2. The highest BCUT2D eigenvalue weighted by Crippen LogP contribution is 2.17. The average Bonchev–Trinajstić information content (AvgIpc) is 2.86. The molecule has 2 aromatic rings. The first-order valence-corrected chi connectivity index (χ1v) is 12.6. The SMILES string of the molecule is COCCN(CCOC)S(=O)(=O)c1ccc(C(=O)NNC(=O)CNC(=O)c2ccccc2Br)cc1. The van der Waals surface area contributed by atoms with Gasteiger partial charge in [0.2, 0.25) is 10.0 Å². The van der Waals surface area contributed by atoms with Crippen LogP contribution in [-0.4, -0.2) is 77.5 Å². The normalized spacial score (nSPS) is 11.2. The van der Waals surface area contributed by atoms with E-state index in [1.807, 2.05) is 0 Å². The van der Waals surface area contributed by atoms with Crippen molar-refractivity contribution in [1.29, 1.82) is 0 Å². The highest BCUT2D eigenvalue weighted by molar-refractivity contribution is 9.10. The Morgan fingerprint density at radius 2 is 1.49 bits per heavy atom. The summed E-state index contributed by atoms with van der Waals surface area (Å²) in [6.07, 6.45) is 0. The van der Waals surface area contributed by atoms with Crippen molar-refractivity contribution in [2.24, 2.45) is 0 Å². The quantitative estimate of drug-likeness (QED) is 0.322. The molecule has 0 spiro atoms. The van der Waals surface area contributed by atoms with Gasteiger partial charge in [-0.1, -0.05) is 12.1 Å². The van der Waals surface area contributed by atoms with E-state index < -0.39 is 27.7 Å². The predicted octanol–water partition coefficient (Wildman–Crippen LogP) is 0.924. The molecule has 2 aromatic carbocycles. The molecule has 0 radical (unpaired) electrons. The van der Waals surface area contributed by atoms with Crippen molar-refractivity contribution in [2.45, 2.75) is 4.90 Å². The van der Waals surface area contributed by atoms with Gasteiger partial charge in [-0.2, -0.15) is 4.31 Å². The first-order valence-electron chi connectivity index (χ1n) is 10.4. The Morgan fingerprint density at radius 1 is 0.886 bits per heavy atom. The van der Waals surface area contributed by atoms with Crippen LogP contribution in [-0.2, 0) is 24.3 Å². The molecule has 0 heterocycles. The van der Waals surface area contributed by atoms with Crippen molar-refractivity contribution in [3.8, 4) is 0 Å². The summed E-state index contributed by atoms with van der Waals surface area (Å²) in [5, 5.41) is 2.45. The van der Waals surface area contributed by atoms with Gasteiger partial charge in [0.15, 0.2) is 0 Å². The van der Waals surface area contributed by atoms with E-state index in [0.29, 0.717) is 10.0 Å². The summed E-state index contributed by atoms with van der Waals surface area (Å²) in [7, 11) is -0.875. The monoisotopic (exact) mass is 570 g/mol. The average molecular weight is 571 g/mol. The minimum atomic E-state index is -3.83. The summed E-state index contributed by atoms with van der Waals surface area (Å²) >= 11 is 3.26. The van der Waals surface area contributed by atoms with Gasteiger partial charge >= 0.3 is 0 Å². The Morgan fingerprint density at radius 3 is 2.06 bits per heavy atom. The fraction of sp³-hybridized carbons (Fsp3) is 0.318. The molecule has 0 aliphatic heterocycles. The van der Waals surface area contributed by atoms with E-state index in [0.717, 1.165) is 0 Å². The summed E-state index contributed by atoms with van der Waals surface area (Å²) in [6.45, 7) is 0.358. The standard InChI is InChI=1S/C22H27BrN4O7S/c1-33-13-11-27(12-14-34-2)35(31,32)17-9-7-16(8-10-17)21(29)26-25-20(28)15-24-22(30)18-5-3-4-6-19(18)23/h3-10H,11-15H2,1-2H3,(H,24,30)(H,25,28)(H,26,29). The van der Waals surface area contributed by atoms with Gasteiger partial charge in [0, 0.05) is 37.3 Å². The van der Waals surface area contributed by atoms with Crippen LogP contribution in [0.2, 0.25) is 0 Å². The number of hydrogen-bond donors (Lipinski definition) is 3. The molecule has 0 fully saturated rings. The van der Waals surface area contributed by atoms with Crippen LogP contribution in [0.3, 0.4) is 0 Å². The van der Waals surface area contributed by atoms with Crippen LogP contribution in [0.25, 0.3) is 0 Å². The van der Waals surface area contributed by atoms with Gasteiger partial charge in [-0.05, 0) is 52.3 Å². The highest BCUT2D eigenvalue weighted by atomic mass is 79.9. The third kappa shape index (κ3) is 8.40. The Labute approximate surface area is 212 Å². The molecule has 0 saturated heterocycles. The number of benzene rings is 2. The molecule has 0 saturated carbocycles. The number of sulfonamides is 1. The van der Waals surface area contributed by atoms with Crippen molar-refractivity contribution in [1.82, 2.24) is 20.5 Å². The predicted molar refractivity (Wildman–Crippen MR) is 131 cm³/mol. The number of carbonyl (C=O) groups excluding carboxylic acids is 3. The number of halogens is 1. The van der Waals surface area contributed by atoms with Gasteiger partial charge in [-0.15, -0.1) is 0 Å². The molecule has 3 amide bonds. The van der Waals surface area contributed by atoms with Crippen LogP contribution in [0.5, 0.6) is 0 Å². The van der Waals surface area contributed by atoms with Crippen LogP contribution in [0.4, 0.5) is 0 Å². The van der Waals surface area contributed by atoms with Gasteiger partial charge < -0.3 is 14.8 Å². The molecule has 0 unspecified atom stereocenters. The third-order valence-electron chi connectivity index (χ3n) is 4.69. The molecule has 0 bridgehead atoms. The number of hydrazine groups is 1. The summed E-state index contributed by atoms with van der Waals surface area (Å²) in [6, 6.07) is 12.0. The number of hydrogen-bond acceptors (Lipinski definition) is 7. The van der Waals surface area contributed by atoms with Crippen LogP contribution in [0, 0.1) is 0 Å². The first kappa shape index (κ1) is 28.4. The van der Waals surface area contributed by atoms with E-state index >= 15 is 0 Å². The fourth-order valence-electron chi connectivity index (χ4n) is 2.81. The molecule has 3 N–H and O–H groups in total. The summed E-state index contributed by atoms with van der Waals surface area (Å²) in [5.41, 5.74) is 4.90. The van der Waals surface area contributed by atoms with Crippen LogP contribution in [0.1, 0.15) is 20.7 Å². The number of nitrogens with zero attached hydrogens (tertiary/aromatic N) is 1. The Balaban J connectivity index is 1.92. The molecule has 2 rings (SSSR count). The number of nitrogens with one attached hydrogen (secondary N) is 3. The maximum absolute atomic E-state index is 12.9. The van der Waals surface area contributed by atoms with Gasteiger partial charge in [0.05, 0.1) is 30.2 Å². The number of carbonyl (C=O) groups is 3. The number of methoxy groups -OCH3 is 2. The molecule has 0 aliphatic rings. The number of rotatable bonds is 12. The molecule has 190 valence electrons. The van der Waals surface area contributed by atoms with Crippen LogP contribution < -0.4 is 16.2 Å². The lowest BCUT2D eigenvalue weighted by atomic mass is 10.2. The van der Waals surface area contributed by atoms with Gasteiger partial charge in [0.25, 0.3) is 17.7 Å². The Bertz CT molecular complexity index is 1120. The second-order valence-electron chi connectivity index (χ2n) is 7.08. The molecular formula is C22H27BrN4O7S. The molecule has 0 aliphatic carbocycles. The number of amides is 3. The number of ether oxygens (including phenoxy) is 2.